The van der Waals surface area contributed by atoms with Crippen molar-refractivity contribution >= 4 is 23.6 Å². The molecule has 0 bridgehead atoms. The van der Waals surface area contributed by atoms with E-state index in [4.69, 9.17) is 0 Å². The first-order valence-electron chi connectivity index (χ1n) is 12.1. The Morgan fingerprint density at radius 3 is 2.19 bits per heavy atom. The number of rotatable bonds is 13. The molecule has 5 N–H and O–H groups in total. The Bertz CT molecular complexity index is 1150. The lowest BCUT2D eigenvalue weighted by molar-refractivity contribution is -0.138. The highest BCUT2D eigenvalue weighted by Crippen LogP contribution is 2.23. The number of benzene rings is 2. The molecule has 1 heterocycles. The molecule has 2 amide bonds. The maximum atomic E-state index is 13.0. The summed E-state index contributed by atoms with van der Waals surface area (Å²) in [6, 6.07) is 20.4. The number of aliphatic hydroxyl groups is 1. The molecule has 2 aromatic carbocycles. The quantitative estimate of drug-likeness (QED) is 0.225. The number of aromatic nitrogens is 1. The van der Waals surface area contributed by atoms with Crippen LogP contribution in [0.25, 0.3) is 11.1 Å². The Balaban J connectivity index is 1.59. The van der Waals surface area contributed by atoms with Crippen LogP contribution in [0.3, 0.4) is 0 Å². The molecule has 0 radical (unpaired) electrons. The number of amides is 2. The van der Waals surface area contributed by atoms with Gasteiger partial charge in [-0.15, -0.1) is 0 Å². The molecule has 0 saturated heterocycles. The van der Waals surface area contributed by atoms with Crippen molar-refractivity contribution in [3.05, 3.63) is 84.6 Å². The molecule has 0 aliphatic carbocycles. The first-order valence-corrected chi connectivity index (χ1v) is 12.1. The van der Waals surface area contributed by atoms with E-state index in [0.29, 0.717) is 24.3 Å². The van der Waals surface area contributed by atoms with Gasteiger partial charge in [0.1, 0.15) is 11.9 Å². The Kier molecular flexibility index (Phi) is 10.2. The Labute approximate surface area is 216 Å². The average Bonchev–Trinajstić information content (AvgIpc) is 2.90. The van der Waals surface area contributed by atoms with Crippen molar-refractivity contribution < 1.29 is 24.6 Å². The molecular weight excluding hydrogens is 472 g/mol. The molecule has 9 heteroatoms. The van der Waals surface area contributed by atoms with Gasteiger partial charge in [-0.05, 0) is 42.2 Å². The summed E-state index contributed by atoms with van der Waals surface area (Å²) >= 11 is 0. The van der Waals surface area contributed by atoms with Gasteiger partial charge < -0.3 is 26.2 Å². The van der Waals surface area contributed by atoms with Gasteiger partial charge in [-0.2, -0.15) is 0 Å². The molecule has 0 saturated carbocycles. The minimum atomic E-state index is -1.23. The van der Waals surface area contributed by atoms with Crippen LogP contribution in [-0.2, 0) is 14.4 Å². The summed E-state index contributed by atoms with van der Waals surface area (Å²) in [7, 11) is 0. The largest absolute Gasteiger partial charge is 0.481 e. The van der Waals surface area contributed by atoms with Crippen LogP contribution in [-0.4, -0.2) is 51.7 Å². The molecule has 3 aromatic rings. The van der Waals surface area contributed by atoms with Crippen LogP contribution < -0.4 is 16.0 Å². The lowest BCUT2D eigenvalue weighted by Crippen LogP contribution is -2.53. The number of carboxylic acids is 1. The summed E-state index contributed by atoms with van der Waals surface area (Å²) in [6.45, 7) is 1.91. The third-order valence-corrected chi connectivity index (χ3v) is 5.75. The number of hydrogen-bond donors (Lipinski definition) is 5. The summed E-state index contributed by atoms with van der Waals surface area (Å²) < 4.78 is 0. The van der Waals surface area contributed by atoms with E-state index in [1.54, 1.807) is 24.4 Å². The molecule has 0 spiro atoms. The SMILES string of the molecule is CC(O)[C@@H](NC(=O)CCCNc1ccccn1)C(=O)NC(CC(=O)O)c1ccc(-c2ccccc2)cc1. The second-order valence-electron chi connectivity index (χ2n) is 8.68. The predicted octanol–water partition coefficient (Wildman–Crippen LogP) is 3.14. The van der Waals surface area contributed by atoms with E-state index < -0.39 is 36.0 Å². The summed E-state index contributed by atoms with van der Waals surface area (Å²) in [5.74, 6) is -1.44. The number of aliphatic hydroxyl groups excluding tert-OH is 1. The smallest absolute Gasteiger partial charge is 0.305 e. The van der Waals surface area contributed by atoms with Gasteiger partial charge in [0.05, 0.1) is 18.6 Å². The van der Waals surface area contributed by atoms with Gasteiger partial charge in [0.15, 0.2) is 0 Å². The number of nitrogens with one attached hydrogen (secondary N) is 3. The van der Waals surface area contributed by atoms with Crippen LogP contribution >= 0.6 is 0 Å². The van der Waals surface area contributed by atoms with Crippen LogP contribution in [0, 0.1) is 0 Å². The van der Waals surface area contributed by atoms with Crippen LogP contribution in [0.4, 0.5) is 5.82 Å². The van der Waals surface area contributed by atoms with Crippen molar-refractivity contribution in [2.24, 2.45) is 0 Å². The van der Waals surface area contributed by atoms with Gasteiger partial charge in [-0.3, -0.25) is 14.4 Å². The van der Waals surface area contributed by atoms with Crippen LogP contribution in [0.1, 0.15) is 37.8 Å². The fourth-order valence-corrected chi connectivity index (χ4v) is 3.81. The zero-order valence-corrected chi connectivity index (χ0v) is 20.6. The monoisotopic (exact) mass is 504 g/mol. The molecule has 0 fully saturated rings. The third-order valence-electron chi connectivity index (χ3n) is 5.75. The van der Waals surface area contributed by atoms with E-state index in [-0.39, 0.29) is 12.8 Å². The summed E-state index contributed by atoms with van der Waals surface area (Å²) in [6.07, 6.45) is 0.759. The summed E-state index contributed by atoms with van der Waals surface area (Å²) in [5.41, 5.74) is 2.57. The average molecular weight is 505 g/mol. The lowest BCUT2D eigenvalue weighted by atomic mass is 9.98. The van der Waals surface area contributed by atoms with E-state index in [9.17, 15) is 24.6 Å². The first-order chi connectivity index (χ1) is 17.8. The Morgan fingerprint density at radius 2 is 1.57 bits per heavy atom. The number of anilines is 1. The highest BCUT2D eigenvalue weighted by Gasteiger charge is 2.28. The molecular formula is C28H32N4O5. The molecule has 2 unspecified atom stereocenters. The van der Waals surface area contributed by atoms with E-state index in [1.807, 2.05) is 54.6 Å². The predicted molar refractivity (Wildman–Crippen MR) is 141 cm³/mol. The number of carbonyl (C=O) groups excluding carboxylic acids is 2. The molecule has 9 nitrogen and oxygen atoms in total. The normalized spacial score (nSPS) is 13.1. The molecule has 194 valence electrons. The lowest BCUT2D eigenvalue weighted by Gasteiger charge is -2.25. The summed E-state index contributed by atoms with van der Waals surface area (Å²) in [4.78, 5) is 41.1. The summed E-state index contributed by atoms with van der Waals surface area (Å²) in [5, 5.41) is 27.9. The Hall–Kier alpha value is -4.24. The highest BCUT2D eigenvalue weighted by molar-refractivity contribution is 5.88. The maximum absolute atomic E-state index is 13.0. The molecule has 1 aromatic heterocycles. The number of carbonyl (C=O) groups is 3. The van der Waals surface area contributed by atoms with Crippen molar-refractivity contribution in [2.75, 3.05) is 11.9 Å². The molecule has 37 heavy (non-hydrogen) atoms. The molecule has 0 aliphatic heterocycles. The first kappa shape index (κ1) is 27.3. The van der Waals surface area contributed by atoms with E-state index >= 15 is 0 Å². The minimum absolute atomic E-state index is 0.135. The third kappa shape index (κ3) is 8.73. The number of nitrogens with zero attached hydrogens (tertiary/aromatic N) is 1. The number of pyridine rings is 1. The molecule has 0 aliphatic rings. The molecule has 3 rings (SSSR count). The van der Waals surface area contributed by atoms with Gasteiger partial charge in [-0.25, -0.2) is 4.98 Å². The maximum Gasteiger partial charge on any atom is 0.305 e. The minimum Gasteiger partial charge on any atom is -0.481 e. The standard InChI is InChI=1S/C28H32N4O5/c1-19(33)27(32-25(34)11-7-17-30-24-10-5-6-16-29-24)28(37)31-23(18-26(35)36)22-14-12-21(13-15-22)20-8-3-2-4-9-20/h2-6,8-10,12-16,19,23,27,33H,7,11,17-18H2,1H3,(H,29,30)(H,31,37)(H,32,34)(H,35,36)/t19?,23?,27-/m1/s1. The fraction of sp³-hybridized carbons (Fsp3) is 0.286. The second-order valence-corrected chi connectivity index (χ2v) is 8.68. The van der Waals surface area contributed by atoms with Crippen LogP contribution in [0.5, 0.6) is 0 Å². The van der Waals surface area contributed by atoms with Crippen molar-refractivity contribution in [2.45, 2.75) is 44.4 Å². The van der Waals surface area contributed by atoms with Crippen molar-refractivity contribution in [1.82, 2.24) is 15.6 Å². The Morgan fingerprint density at radius 1 is 0.892 bits per heavy atom. The fourth-order valence-electron chi connectivity index (χ4n) is 3.81. The second kappa shape index (κ2) is 13.7. The van der Waals surface area contributed by atoms with Crippen LogP contribution in [0.2, 0.25) is 0 Å². The van der Waals surface area contributed by atoms with Gasteiger partial charge in [0.2, 0.25) is 11.8 Å². The zero-order valence-electron chi connectivity index (χ0n) is 20.6. The molecule has 3 atom stereocenters. The van der Waals surface area contributed by atoms with Gasteiger partial charge in [0, 0.05) is 19.2 Å². The number of hydrogen-bond acceptors (Lipinski definition) is 6. The van der Waals surface area contributed by atoms with Crippen LogP contribution in [0.15, 0.2) is 79.0 Å². The highest BCUT2D eigenvalue weighted by atomic mass is 16.4. The zero-order chi connectivity index (χ0) is 26.6. The topological polar surface area (TPSA) is 141 Å². The van der Waals surface area contributed by atoms with E-state index in [0.717, 1.165) is 11.1 Å². The van der Waals surface area contributed by atoms with Gasteiger partial charge >= 0.3 is 5.97 Å². The van der Waals surface area contributed by atoms with Crippen molar-refractivity contribution in [1.29, 1.82) is 0 Å². The van der Waals surface area contributed by atoms with Crippen molar-refractivity contribution in [3.63, 3.8) is 0 Å². The van der Waals surface area contributed by atoms with E-state index in [1.165, 1.54) is 6.92 Å². The number of aliphatic carboxylic acids is 1. The number of carboxylic acid groups (broad SMARTS) is 1. The van der Waals surface area contributed by atoms with Crippen molar-refractivity contribution in [3.8, 4) is 11.1 Å². The van der Waals surface area contributed by atoms with Gasteiger partial charge in [-0.1, -0.05) is 60.7 Å². The van der Waals surface area contributed by atoms with E-state index in [2.05, 4.69) is 20.9 Å². The van der Waals surface area contributed by atoms with Gasteiger partial charge in [0.25, 0.3) is 0 Å².